The molecule has 0 aromatic rings. The van der Waals surface area contributed by atoms with Crippen molar-refractivity contribution >= 4 is 17.5 Å². The number of carbonyl (C=O) groups excluding carboxylic acids is 2. The Bertz CT molecular complexity index is 542. The standard InChI is InChI=1S/C22H34O4/c1-4-5-16-22(2,3)20(24)15-13-17-12-14-19(23)18(17)10-8-6-7-9-11-21(25)26/h6,8,13,15,17-18H,4-5,7,9-12,14,16H2,1-3H3,(H,25,26)/t17-,18+/m1/s1. The van der Waals surface area contributed by atoms with Gasteiger partial charge in [-0.1, -0.05) is 51.8 Å². The lowest BCUT2D eigenvalue weighted by Crippen LogP contribution is -2.22. The van der Waals surface area contributed by atoms with Gasteiger partial charge in [0.05, 0.1) is 0 Å². The van der Waals surface area contributed by atoms with E-state index in [0.29, 0.717) is 19.3 Å². The second kappa shape index (κ2) is 11.1. The number of unbranched alkanes of at least 4 members (excludes halogenated alkanes) is 2. The molecule has 26 heavy (non-hydrogen) atoms. The lowest BCUT2D eigenvalue weighted by Gasteiger charge is -2.21. The molecule has 0 aromatic heterocycles. The maximum Gasteiger partial charge on any atom is 0.303 e. The van der Waals surface area contributed by atoms with E-state index in [1.54, 1.807) is 6.08 Å². The minimum Gasteiger partial charge on any atom is -0.481 e. The third-order valence-corrected chi connectivity index (χ3v) is 5.29. The van der Waals surface area contributed by atoms with Crippen molar-refractivity contribution in [1.29, 1.82) is 0 Å². The molecule has 1 rings (SSSR count). The average molecular weight is 363 g/mol. The molecule has 1 N–H and O–H groups in total. The molecule has 0 saturated heterocycles. The summed E-state index contributed by atoms with van der Waals surface area (Å²) in [6.07, 6.45) is 14.2. The quantitative estimate of drug-likeness (QED) is 0.297. The van der Waals surface area contributed by atoms with Crippen molar-refractivity contribution in [3.05, 3.63) is 24.3 Å². The number of allylic oxidation sites excluding steroid dienone is 4. The molecule has 146 valence electrons. The van der Waals surface area contributed by atoms with Crippen LogP contribution in [0, 0.1) is 17.3 Å². The zero-order chi connectivity index (χ0) is 19.6. The summed E-state index contributed by atoms with van der Waals surface area (Å²) >= 11 is 0. The first-order valence-electron chi connectivity index (χ1n) is 9.90. The van der Waals surface area contributed by atoms with E-state index in [0.717, 1.165) is 32.1 Å². The number of ketones is 2. The summed E-state index contributed by atoms with van der Waals surface area (Å²) in [5, 5.41) is 8.62. The van der Waals surface area contributed by atoms with E-state index >= 15 is 0 Å². The number of carboxylic acids is 1. The summed E-state index contributed by atoms with van der Waals surface area (Å²) in [4.78, 5) is 35.1. The van der Waals surface area contributed by atoms with Gasteiger partial charge in [-0.05, 0) is 44.1 Å². The second-order valence-electron chi connectivity index (χ2n) is 7.98. The first kappa shape index (κ1) is 22.3. The zero-order valence-corrected chi connectivity index (χ0v) is 16.5. The highest BCUT2D eigenvalue weighted by Gasteiger charge is 2.32. The molecule has 0 bridgehead atoms. The summed E-state index contributed by atoms with van der Waals surface area (Å²) in [6.45, 7) is 6.11. The van der Waals surface area contributed by atoms with E-state index < -0.39 is 5.97 Å². The van der Waals surface area contributed by atoms with Crippen LogP contribution < -0.4 is 0 Å². The Morgan fingerprint density at radius 2 is 1.96 bits per heavy atom. The minimum atomic E-state index is -0.777. The molecule has 0 radical (unpaired) electrons. The van der Waals surface area contributed by atoms with E-state index in [1.165, 1.54) is 0 Å². The SMILES string of the molecule is CCCCC(C)(C)C(=O)C=C[C@H]1CCC(=O)[C@H]1CC=CCCCC(=O)O. The van der Waals surface area contributed by atoms with Gasteiger partial charge in [0.2, 0.25) is 0 Å². The molecule has 1 fully saturated rings. The van der Waals surface area contributed by atoms with Gasteiger partial charge < -0.3 is 5.11 Å². The molecule has 1 aliphatic carbocycles. The van der Waals surface area contributed by atoms with Crippen LogP contribution in [0.1, 0.15) is 78.6 Å². The van der Waals surface area contributed by atoms with Crippen LogP contribution in [0.25, 0.3) is 0 Å². The molecule has 0 amide bonds. The Hall–Kier alpha value is -1.71. The van der Waals surface area contributed by atoms with Gasteiger partial charge >= 0.3 is 5.97 Å². The number of rotatable bonds is 12. The zero-order valence-electron chi connectivity index (χ0n) is 16.5. The molecule has 1 aliphatic rings. The summed E-state index contributed by atoms with van der Waals surface area (Å²) < 4.78 is 0. The van der Waals surface area contributed by atoms with E-state index in [4.69, 9.17) is 5.11 Å². The van der Waals surface area contributed by atoms with E-state index in [-0.39, 0.29) is 35.2 Å². The van der Waals surface area contributed by atoms with Crippen molar-refractivity contribution in [2.24, 2.45) is 17.3 Å². The number of Topliss-reactive ketones (excluding diaryl/α,β-unsaturated/α-hetero) is 1. The van der Waals surface area contributed by atoms with Crippen LogP contribution in [0.2, 0.25) is 0 Å². The molecule has 0 aromatic carbocycles. The fourth-order valence-corrected chi connectivity index (χ4v) is 3.38. The van der Waals surface area contributed by atoms with Gasteiger partial charge in [0.25, 0.3) is 0 Å². The third-order valence-electron chi connectivity index (χ3n) is 5.29. The molecule has 2 atom stereocenters. The average Bonchev–Trinajstić information content (AvgIpc) is 2.93. The molecule has 1 saturated carbocycles. The van der Waals surface area contributed by atoms with E-state index in [9.17, 15) is 14.4 Å². The number of hydrogen-bond acceptors (Lipinski definition) is 3. The van der Waals surface area contributed by atoms with Crippen LogP contribution in [-0.4, -0.2) is 22.6 Å². The van der Waals surface area contributed by atoms with E-state index in [1.807, 2.05) is 32.1 Å². The van der Waals surface area contributed by atoms with Crippen LogP contribution >= 0.6 is 0 Å². The number of carboxylic acid groups (broad SMARTS) is 1. The fraction of sp³-hybridized carbons (Fsp3) is 0.682. The lowest BCUT2D eigenvalue weighted by atomic mass is 9.82. The minimum absolute atomic E-state index is 0.0477. The highest BCUT2D eigenvalue weighted by atomic mass is 16.4. The maximum absolute atomic E-state index is 12.5. The van der Waals surface area contributed by atoms with Crippen LogP contribution in [0.5, 0.6) is 0 Å². The monoisotopic (exact) mass is 362 g/mol. The maximum atomic E-state index is 12.5. The van der Waals surface area contributed by atoms with Crippen molar-refractivity contribution in [2.75, 3.05) is 0 Å². The molecule has 4 heteroatoms. The Labute approximate surface area is 157 Å². The van der Waals surface area contributed by atoms with Gasteiger partial charge in [0.15, 0.2) is 5.78 Å². The molecule has 0 spiro atoms. The molecule has 0 aliphatic heterocycles. The van der Waals surface area contributed by atoms with Crippen molar-refractivity contribution in [3.8, 4) is 0 Å². The van der Waals surface area contributed by atoms with Crippen LogP contribution in [-0.2, 0) is 14.4 Å². The Morgan fingerprint density at radius 1 is 1.23 bits per heavy atom. The predicted octanol–water partition coefficient (Wildman–Crippen LogP) is 5.12. The van der Waals surface area contributed by atoms with E-state index in [2.05, 4.69) is 6.92 Å². The fourth-order valence-electron chi connectivity index (χ4n) is 3.38. The van der Waals surface area contributed by atoms with Crippen molar-refractivity contribution in [3.63, 3.8) is 0 Å². The summed E-state index contributed by atoms with van der Waals surface area (Å²) in [5.41, 5.74) is -0.339. The van der Waals surface area contributed by atoms with Gasteiger partial charge in [-0.15, -0.1) is 0 Å². The lowest BCUT2D eigenvalue weighted by molar-refractivity contribution is -0.137. The number of aliphatic carboxylic acids is 1. The molecule has 0 unspecified atom stereocenters. The van der Waals surface area contributed by atoms with Crippen molar-refractivity contribution in [1.82, 2.24) is 0 Å². The second-order valence-corrected chi connectivity index (χ2v) is 7.98. The topological polar surface area (TPSA) is 71.4 Å². The van der Waals surface area contributed by atoms with Gasteiger partial charge in [-0.25, -0.2) is 0 Å². The number of hydrogen-bond donors (Lipinski definition) is 1. The Morgan fingerprint density at radius 3 is 2.62 bits per heavy atom. The third kappa shape index (κ3) is 7.67. The summed E-state index contributed by atoms with van der Waals surface area (Å²) in [6, 6.07) is 0. The van der Waals surface area contributed by atoms with Crippen LogP contribution in [0.4, 0.5) is 0 Å². The van der Waals surface area contributed by atoms with Crippen molar-refractivity contribution in [2.45, 2.75) is 78.6 Å². The van der Waals surface area contributed by atoms with Gasteiger partial charge in [0, 0.05) is 24.2 Å². The van der Waals surface area contributed by atoms with Crippen LogP contribution in [0.15, 0.2) is 24.3 Å². The molecular weight excluding hydrogens is 328 g/mol. The molecular formula is C22H34O4. The van der Waals surface area contributed by atoms with Gasteiger partial charge in [0.1, 0.15) is 5.78 Å². The predicted molar refractivity (Wildman–Crippen MR) is 104 cm³/mol. The largest absolute Gasteiger partial charge is 0.481 e. The molecule has 4 nitrogen and oxygen atoms in total. The first-order chi connectivity index (χ1) is 12.3. The Balaban J connectivity index is 2.54. The highest BCUT2D eigenvalue weighted by molar-refractivity contribution is 5.94. The first-order valence-corrected chi connectivity index (χ1v) is 9.90. The normalized spacial score (nSPS) is 21.1. The number of carbonyl (C=O) groups is 3. The summed E-state index contributed by atoms with van der Waals surface area (Å²) in [7, 11) is 0. The Kier molecular flexibility index (Phi) is 9.53. The summed E-state index contributed by atoms with van der Waals surface area (Å²) in [5.74, 6) is -0.271. The van der Waals surface area contributed by atoms with Crippen molar-refractivity contribution < 1.29 is 19.5 Å². The van der Waals surface area contributed by atoms with Gasteiger partial charge in [-0.3, -0.25) is 14.4 Å². The van der Waals surface area contributed by atoms with Gasteiger partial charge in [-0.2, -0.15) is 0 Å². The molecule has 0 heterocycles. The smallest absolute Gasteiger partial charge is 0.303 e. The van der Waals surface area contributed by atoms with Crippen LogP contribution in [0.3, 0.4) is 0 Å². The highest BCUT2D eigenvalue weighted by Crippen LogP contribution is 2.33.